The highest BCUT2D eigenvalue weighted by atomic mass is 19.2. The maximum Gasteiger partial charge on any atom is 0.417 e. The first-order valence-corrected chi connectivity index (χ1v) is 24.7. The Morgan fingerprint density at radius 1 is 0.559 bits per heavy atom. The molecule has 2 N–H and O–H groups in total. The fourth-order valence-electron chi connectivity index (χ4n) is 9.54. The number of aryl methyl sites for hydroxylation is 2. The molecule has 2 saturated heterocycles. The van der Waals surface area contributed by atoms with Crippen molar-refractivity contribution in [3.8, 4) is 23.0 Å². The van der Waals surface area contributed by atoms with Gasteiger partial charge < -0.3 is 28.4 Å². The lowest BCUT2D eigenvalue weighted by Gasteiger charge is -2.23. The maximum absolute atomic E-state index is 14.8. The number of halogens is 1. The summed E-state index contributed by atoms with van der Waals surface area (Å²) in [7, 11) is 0. The molecule has 0 spiro atoms. The van der Waals surface area contributed by atoms with Crippen LogP contribution in [0, 0.1) is 0 Å². The number of nitrogens with one attached hydrogen (secondary N) is 2. The Balaban J connectivity index is 0.000000201. The van der Waals surface area contributed by atoms with E-state index in [2.05, 4.69) is 60.3 Å². The van der Waals surface area contributed by atoms with Crippen molar-refractivity contribution in [2.45, 2.75) is 147 Å². The van der Waals surface area contributed by atoms with Gasteiger partial charge in [0.25, 0.3) is 5.91 Å². The molecule has 0 aromatic heterocycles. The van der Waals surface area contributed by atoms with Crippen LogP contribution in [0.4, 0.5) is 14.0 Å². The molecular weight excluding hydrogens is 868 g/mol. The highest BCUT2D eigenvalue weighted by Crippen LogP contribution is 2.38. The largest absolute Gasteiger partial charge is 0.493 e. The Kier molecular flexibility index (Phi) is 17.4. The van der Waals surface area contributed by atoms with Gasteiger partial charge in [-0.3, -0.25) is 20.2 Å². The molecule has 2 aliphatic carbocycles. The van der Waals surface area contributed by atoms with Crippen molar-refractivity contribution in [3.63, 3.8) is 0 Å². The van der Waals surface area contributed by atoms with Crippen molar-refractivity contribution in [2.24, 2.45) is 0 Å². The fraction of sp³-hybridized carbons (Fsp3) is 0.491. The molecule has 2 heterocycles. The third-order valence-corrected chi connectivity index (χ3v) is 13.3. The number of hydrogen-bond acceptors (Lipinski definition) is 10. The zero-order chi connectivity index (χ0) is 47.9. The Morgan fingerprint density at radius 2 is 1.01 bits per heavy atom. The molecule has 2 aliphatic heterocycles. The van der Waals surface area contributed by atoms with E-state index in [1.165, 1.54) is 98.6 Å². The van der Waals surface area contributed by atoms with E-state index in [1.807, 2.05) is 6.07 Å². The van der Waals surface area contributed by atoms with E-state index in [4.69, 9.17) is 23.7 Å². The zero-order valence-corrected chi connectivity index (χ0v) is 39.8. The molecule has 4 amide bonds. The number of ether oxygens (including phenoxy) is 6. The van der Waals surface area contributed by atoms with Gasteiger partial charge in [-0.2, -0.15) is 4.39 Å². The van der Waals surface area contributed by atoms with E-state index in [0.717, 1.165) is 43.6 Å². The monoisotopic (exact) mass is 934 g/mol. The second kappa shape index (κ2) is 23.8. The number of amides is 4. The maximum atomic E-state index is 14.8. The second-order valence-electron chi connectivity index (χ2n) is 18.4. The smallest absolute Gasteiger partial charge is 0.417 e. The number of alkyl carbamates (subject to hydrolysis) is 2. The van der Waals surface area contributed by atoms with Crippen LogP contribution in [0.15, 0.2) is 84.9 Å². The third kappa shape index (κ3) is 12.7. The number of imide groups is 2. The van der Waals surface area contributed by atoms with Gasteiger partial charge in [0.1, 0.15) is 23.0 Å². The van der Waals surface area contributed by atoms with Crippen LogP contribution in [0.5, 0.6) is 23.0 Å². The molecule has 0 bridgehead atoms. The van der Waals surface area contributed by atoms with Crippen molar-refractivity contribution in [1.29, 1.82) is 0 Å². The van der Waals surface area contributed by atoms with Gasteiger partial charge in [-0.05, 0) is 116 Å². The molecule has 0 radical (unpaired) electrons. The first-order valence-electron chi connectivity index (χ1n) is 24.7. The number of carbonyl (C=O) groups excluding carboxylic acids is 4. The van der Waals surface area contributed by atoms with Crippen molar-refractivity contribution in [2.75, 3.05) is 26.4 Å². The van der Waals surface area contributed by atoms with Crippen LogP contribution < -0.4 is 29.6 Å². The zero-order valence-electron chi connectivity index (χ0n) is 39.8. The highest BCUT2D eigenvalue weighted by Gasteiger charge is 2.52. The third-order valence-electron chi connectivity index (χ3n) is 13.3. The van der Waals surface area contributed by atoms with E-state index in [0.29, 0.717) is 61.7 Å². The number of cyclic esters (lactones) is 2. The molecule has 4 fully saturated rings. The Bertz CT molecular complexity index is 2200. The van der Waals surface area contributed by atoms with Crippen molar-refractivity contribution in [3.05, 3.63) is 118 Å². The van der Waals surface area contributed by atoms with E-state index < -0.39 is 35.5 Å². The van der Waals surface area contributed by atoms with Gasteiger partial charge in [0, 0.05) is 24.0 Å². The van der Waals surface area contributed by atoms with Crippen LogP contribution in [0.1, 0.15) is 156 Å². The summed E-state index contributed by atoms with van der Waals surface area (Å²) in [5.41, 5.74) is 4.62. The first kappa shape index (κ1) is 49.8. The minimum absolute atomic E-state index is 0.0909. The quantitative estimate of drug-likeness (QED) is 0.0821. The molecule has 364 valence electrons. The summed E-state index contributed by atoms with van der Waals surface area (Å²) in [6, 6.07) is 26.5. The van der Waals surface area contributed by atoms with Gasteiger partial charge in [-0.15, -0.1) is 0 Å². The number of hydrogen-bond donors (Lipinski definition) is 2. The van der Waals surface area contributed by atoms with E-state index in [1.54, 1.807) is 42.6 Å². The predicted molar refractivity (Wildman–Crippen MR) is 256 cm³/mol. The summed E-state index contributed by atoms with van der Waals surface area (Å²) in [6.07, 6.45) is 16.9. The second-order valence-corrected chi connectivity index (χ2v) is 18.4. The number of alkyl halides is 1. The average molecular weight is 935 g/mol. The molecule has 13 heteroatoms. The minimum atomic E-state index is -2.83. The molecule has 2 unspecified atom stereocenters. The van der Waals surface area contributed by atoms with Gasteiger partial charge in [0.05, 0.1) is 26.4 Å². The number of carbonyl (C=O) groups is 4. The van der Waals surface area contributed by atoms with Crippen LogP contribution in [0.3, 0.4) is 0 Å². The van der Waals surface area contributed by atoms with Gasteiger partial charge in [-0.1, -0.05) is 114 Å². The summed E-state index contributed by atoms with van der Waals surface area (Å²) >= 11 is 0. The SMILES string of the molecule is CCCc1cc(C2CCCCC2)ccc1OCCCOc1cccc(C2(C)OC(=O)NC2=O)c1.CCCc1cc(C2CCCCC2)ccc1OCCCOc1cccc(C2(F)OC(=O)NC2=O)c1. The van der Waals surface area contributed by atoms with Gasteiger partial charge in [0.2, 0.25) is 5.60 Å². The fourth-order valence-corrected chi connectivity index (χ4v) is 9.54. The number of rotatable bonds is 20. The minimum Gasteiger partial charge on any atom is -0.493 e. The standard InChI is InChI=1S/C28H35NO5.C27H32FNO5/c1-3-9-22-18-21(20-10-5-4-6-11-20)14-15-25(22)33-17-8-16-32-24-13-7-12-23(19-24)28(2)26(30)29-27(31)34-28;1-2-8-21-17-20(19-9-4-3-5-10-19)13-14-24(21)33-16-7-15-32-23-12-6-11-22(18-23)27(28)25(30)29-26(31)34-27/h7,12-15,18-20H,3-6,8-11,16-17H2,1-2H3,(H,29,30,31);6,11-14,17-19H,2-5,7-10,15-16H2,1H3,(H,29,30,31). The van der Waals surface area contributed by atoms with Gasteiger partial charge in [-0.25, -0.2) is 9.59 Å². The van der Waals surface area contributed by atoms with Crippen LogP contribution >= 0.6 is 0 Å². The molecule has 12 nitrogen and oxygen atoms in total. The van der Waals surface area contributed by atoms with Crippen molar-refractivity contribution in [1.82, 2.24) is 10.6 Å². The summed E-state index contributed by atoms with van der Waals surface area (Å²) in [6.45, 7) is 7.86. The first-order chi connectivity index (χ1) is 33.0. The van der Waals surface area contributed by atoms with E-state index in [-0.39, 0.29) is 5.56 Å². The van der Waals surface area contributed by atoms with Gasteiger partial charge >= 0.3 is 23.9 Å². The lowest BCUT2D eigenvalue weighted by Crippen LogP contribution is -2.33. The van der Waals surface area contributed by atoms with Crippen molar-refractivity contribution >= 4 is 24.0 Å². The Hall–Kier alpha value is -6.11. The summed E-state index contributed by atoms with van der Waals surface area (Å²) in [5.74, 6) is -0.164. The molecule has 2 saturated carbocycles. The molecular formula is C55H67FN2O10. The van der Waals surface area contributed by atoms with Crippen LogP contribution in [-0.4, -0.2) is 50.4 Å². The predicted octanol–water partition coefficient (Wildman–Crippen LogP) is 11.9. The van der Waals surface area contributed by atoms with Crippen LogP contribution in [-0.2, 0) is 43.4 Å². The van der Waals surface area contributed by atoms with Gasteiger partial charge in [0.15, 0.2) is 0 Å². The van der Waals surface area contributed by atoms with Crippen LogP contribution in [0.25, 0.3) is 0 Å². The molecule has 68 heavy (non-hydrogen) atoms. The average Bonchev–Trinajstić information content (AvgIpc) is 3.79. The normalized spacial score (nSPS) is 20.6. The highest BCUT2D eigenvalue weighted by molar-refractivity contribution is 6.03. The summed E-state index contributed by atoms with van der Waals surface area (Å²) in [4.78, 5) is 46.5. The van der Waals surface area contributed by atoms with E-state index >= 15 is 0 Å². The van der Waals surface area contributed by atoms with Crippen LogP contribution in [0.2, 0.25) is 0 Å². The topological polar surface area (TPSA) is 148 Å². The Labute approximate surface area is 399 Å². The summed E-state index contributed by atoms with van der Waals surface area (Å²) < 4.78 is 48.3. The molecule has 8 rings (SSSR count). The molecule has 4 aromatic carbocycles. The summed E-state index contributed by atoms with van der Waals surface area (Å²) in [5, 5.41) is 3.98. The number of benzene rings is 4. The van der Waals surface area contributed by atoms with E-state index in [9.17, 15) is 23.6 Å². The lowest BCUT2D eigenvalue weighted by molar-refractivity contribution is -0.149. The van der Waals surface area contributed by atoms with Crippen molar-refractivity contribution < 1.29 is 52.0 Å². The molecule has 2 atom stereocenters. The Morgan fingerprint density at radius 3 is 1.47 bits per heavy atom. The molecule has 4 aromatic rings. The molecule has 4 aliphatic rings. The lowest BCUT2D eigenvalue weighted by atomic mass is 9.83.